The smallest absolute Gasteiger partial charge is 0.309 e. The minimum atomic E-state index is -3.88. The molecule has 2 heterocycles. The van der Waals surface area contributed by atoms with Crippen molar-refractivity contribution in [3.8, 4) is 0 Å². The van der Waals surface area contributed by atoms with Crippen LogP contribution in [-0.2, 0) is 26.2 Å². The highest BCUT2D eigenvalue weighted by molar-refractivity contribution is 7.89. The van der Waals surface area contributed by atoms with E-state index in [1.807, 2.05) is 6.92 Å². The number of aromatic nitrogens is 1. The molecule has 0 saturated carbocycles. The lowest BCUT2D eigenvalue weighted by Gasteiger charge is -2.30. The summed E-state index contributed by atoms with van der Waals surface area (Å²) in [6.45, 7) is 3.93. The third-order valence-electron chi connectivity index (χ3n) is 4.98. The van der Waals surface area contributed by atoms with E-state index in [1.165, 1.54) is 27.8 Å². The molecule has 3 rings (SSSR count). The van der Waals surface area contributed by atoms with Gasteiger partial charge < -0.3 is 4.74 Å². The second-order valence-electron chi connectivity index (χ2n) is 6.85. The van der Waals surface area contributed by atoms with Crippen LogP contribution in [0.25, 0.3) is 0 Å². The maximum absolute atomic E-state index is 13.0. The summed E-state index contributed by atoms with van der Waals surface area (Å²) < 4.78 is 32.6. The van der Waals surface area contributed by atoms with Crippen molar-refractivity contribution in [2.75, 3.05) is 13.1 Å². The van der Waals surface area contributed by atoms with Gasteiger partial charge in [0.05, 0.1) is 31.8 Å². The first-order valence-corrected chi connectivity index (χ1v) is 11.3. The summed E-state index contributed by atoms with van der Waals surface area (Å²) in [6, 6.07) is 3.79. The molecule has 0 N–H and O–H groups in total. The summed E-state index contributed by atoms with van der Waals surface area (Å²) >= 11 is 1.42. The molecule has 29 heavy (non-hydrogen) atoms. The SMILES string of the molecule is Cc1ccc([N+](=O)[O-])cc1S(=O)(=O)N1CCC(C(=O)OCc2scnc2C)CC1. The number of rotatable bonds is 6. The summed E-state index contributed by atoms with van der Waals surface area (Å²) in [5, 5.41) is 11.0. The normalized spacial score (nSPS) is 15.9. The van der Waals surface area contributed by atoms with Crippen LogP contribution in [0.5, 0.6) is 0 Å². The Morgan fingerprint density at radius 2 is 2.03 bits per heavy atom. The van der Waals surface area contributed by atoms with Gasteiger partial charge in [-0.05, 0) is 32.3 Å². The standard InChI is InChI=1S/C18H21N3O6S2/c1-12-3-4-15(21(23)24)9-17(12)29(25,26)20-7-5-14(6-8-20)18(22)27-10-16-13(2)19-11-28-16/h3-4,9,11,14H,5-8,10H2,1-2H3. The molecule has 0 aliphatic carbocycles. The second-order valence-corrected chi connectivity index (χ2v) is 9.70. The van der Waals surface area contributed by atoms with Crippen molar-refractivity contribution in [1.29, 1.82) is 0 Å². The van der Waals surface area contributed by atoms with Crippen molar-refractivity contribution in [3.05, 3.63) is 50.0 Å². The van der Waals surface area contributed by atoms with E-state index < -0.39 is 14.9 Å². The Bertz CT molecular complexity index is 1030. The molecule has 2 aromatic rings. The van der Waals surface area contributed by atoms with Gasteiger partial charge in [-0.3, -0.25) is 14.9 Å². The summed E-state index contributed by atoms with van der Waals surface area (Å²) in [5.74, 6) is -0.720. The lowest BCUT2D eigenvalue weighted by atomic mass is 9.98. The first kappa shape index (κ1) is 21.3. The highest BCUT2D eigenvalue weighted by atomic mass is 32.2. The van der Waals surface area contributed by atoms with Gasteiger partial charge in [-0.15, -0.1) is 11.3 Å². The average Bonchev–Trinajstić information content (AvgIpc) is 3.11. The van der Waals surface area contributed by atoms with Crippen molar-refractivity contribution in [2.45, 2.75) is 38.2 Å². The van der Waals surface area contributed by atoms with Crippen LogP contribution in [0.4, 0.5) is 5.69 Å². The maximum atomic E-state index is 13.0. The lowest BCUT2D eigenvalue weighted by Crippen LogP contribution is -2.40. The van der Waals surface area contributed by atoms with Crippen molar-refractivity contribution < 1.29 is 22.9 Å². The first-order chi connectivity index (χ1) is 13.7. The molecule has 1 aromatic heterocycles. The Morgan fingerprint density at radius 3 is 2.62 bits per heavy atom. The number of non-ortho nitro benzene ring substituents is 1. The minimum Gasteiger partial charge on any atom is -0.460 e. The van der Waals surface area contributed by atoms with Crippen LogP contribution in [0.1, 0.15) is 29.0 Å². The molecule has 1 aliphatic heterocycles. The molecular formula is C18H21N3O6S2. The number of hydrogen-bond donors (Lipinski definition) is 0. The number of aryl methyl sites for hydroxylation is 2. The van der Waals surface area contributed by atoms with E-state index in [9.17, 15) is 23.3 Å². The number of ether oxygens (including phenoxy) is 1. The summed E-state index contributed by atoms with van der Waals surface area (Å²) in [4.78, 5) is 27.6. The van der Waals surface area contributed by atoms with Crippen LogP contribution < -0.4 is 0 Å². The first-order valence-electron chi connectivity index (χ1n) is 9.01. The average molecular weight is 440 g/mol. The van der Waals surface area contributed by atoms with E-state index in [4.69, 9.17) is 4.74 Å². The van der Waals surface area contributed by atoms with E-state index in [-0.39, 0.29) is 42.2 Å². The van der Waals surface area contributed by atoms with Crippen molar-refractivity contribution in [3.63, 3.8) is 0 Å². The second kappa shape index (κ2) is 8.56. The molecule has 9 nitrogen and oxygen atoms in total. The van der Waals surface area contributed by atoms with E-state index in [0.717, 1.165) is 16.6 Å². The highest BCUT2D eigenvalue weighted by Gasteiger charge is 2.34. The largest absolute Gasteiger partial charge is 0.460 e. The number of nitro benzene ring substituents is 1. The molecule has 0 radical (unpaired) electrons. The van der Waals surface area contributed by atoms with Gasteiger partial charge in [0.2, 0.25) is 10.0 Å². The fourth-order valence-corrected chi connectivity index (χ4v) is 5.57. The van der Waals surface area contributed by atoms with Gasteiger partial charge in [-0.1, -0.05) is 6.07 Å². The molecular weight excluding hydrogens is 418 g/mol. The van der Waals surface area contributed by atoms with Crippen LogP contribution in [0.15, 0.2) is 28.6 Å². The van der Waals surface area contributed by atoms with E-state index in [1.54, 1.807) is 12.4 Å². The Hall–Kier alpha value is -2.37. The Morgan fingerprint density at radius 1 is 1.34 bits per heavy atom. The zero-order valence-electron chi connectivity index (χ0n) is 16.0. The molecule has 0 unspecified atom stereocenters. The van der Waals surface area contributed by atoms with Crippen molar-refractivity contribution in [2.24, 2.45) is 5.92 Å². The number of nitrogens with zero attached hydrogens (tertiary/aromatic N) is 3. The van der Waals surface area contributed by atoms with E-state index in [2.05, 4.69) is 4.98 Å². The van der Waals surface area contributed by atoms with Crippen molar-refractivity contribution in [1.82, 2.24) is 9.29 Å². The lowest BCUT2D eigenvalue weighted by molar-refractivity contribution is -0.385. The number of piperidine rings is 1. The maximum Gasteiger partial charge on any atom is 0.309 e. The van der Waals surface area contributed by atoms with Crippen LogP contribution >= 0.6 is 11.3 Å². The molecule has 0 atom stereocenters. The number of benzene rings is 1. The quantitative estimate of drug-likeness (QED) is 0.385. The van der Waals surface area contributed by atoms with E-state index in [0.29, 0.717) is 18.4 Å². The van der Waals surface area contributed by atoms with Crippen LogP contribution in [0, 0.1) is 29.9 Å². The third kappa shape index (κ3) is 4.62. The van der Waals surface area contributed by atoms with Gasteiger partial charge in [0.15, 0.2) is 0 Å². The zero-order chi connectivity index (χ0) is 21.2. The zero-order valence-corrected chi connectivity index (χ0v) is 17.7. The topological polar surface area (TPSA) is 120 Å². The molecule has 1 aliphatic rings. The number of carbonyl (C=O) groups excluding carboxylic acids is 1. The van der Waals surface area contributed by atoms with Crippen LogP contribution in [-0.4, -0.2) is 41.7 Å². The highest BCUT2D eigenvalue weighted by Crippen LogP contribution is 2.29. The van der Waals surface area contributed by atoms with Gasteiger partial charge in [-0.2, -0.15) is 4.31 Å². The predicted octanol–water partition coefficient (Wildman–Crippen LogP) is 2.81. The number of hydrogen-bond acceptors (Lipinski definition) is 8. The molecule has 11 heteroatoms. The predicted molar refractivity (Wildman–Crippen MR) is 106 cm³/mol. The Kier molecular flexibility index (Phi) is 6.30. The molecule has 1 aromatic carbocycles. The van der Waals surface area contributed by atoms with Gasteiger partial charge in [0.1, 0.15) is 6.61 Å². The summed E-state index contributed by atoms with van der Waals surface area (Å²) in [6.07, 6.45) is 0.682. The van der Waals surface area contributed by atoms with Gasteiger partial charge >= 0.3 is 5.97 Å². The Balaban J connectivity index is 1.64. The molecule has 0 bridgehead atoms. The molecule has 0 spiro atoms. The van der Waals surface area contributed by atoms with Crippen LogP contribution in [0.3, 0.4) is 0 Å². The molecule has 156 valence electrons. The fourth-order valence-electron chi connectivity index (χ4n) is 3.17. The fraction of sp³-hybridized carbons (Fsp3) is 0.444. The monoisotopic (exact) mass is 439 g/mol. The number of carbonyl (C=O) groups is 1. The summed E-state index contributed by atoms with van der Waals surface area (Å²) in [7, 11) is -3.88. The van der Waals surface area contributed by atoms with E-state index >= 15 is 0 Å². The minimum absolute atomic E-state index is 0.0756. The number of sulfonamides is 1. The number of esters is 1. The van der Waals surface area contributed by atoms with Crippen molar-refractivity contribution >= 4 is 33.0 Å². The van der Waals surface area contributed by atoms with Gasteiger partial charge in [0.25, 0.3) is 5.69 Å². The molecule has 1 fully saturated rings. The number of nitro groups is 1. The number of thiazole rings is 1. The summed E-state index contributed by atoms with van der Waals surface area (Å²) in [5.41, 5.74) is 2.69. The van der Waals surface area contributed by atoms with Gasteiger partial charge in [-0.25, -0.2) is 13.4 Å². The molecule has 1 saturated heterocycles. The molecule has 0 amide bonds. The van der Waals surface area contributed by atoms with Crippen LogP contribution in [0.2, 0.25) is 0 Å². The Labute approximate surface area is 172 Å². The third-order valence-corrected chi connectivity index (χ3v) is 7.93. The van der Waals surface area contributed by atoms with Gasteiger partial charge in [0, 0.05) is 25.2 Å².